The fourth-order valence-electron chi connectivity index (χ4n) is 3.56. The normalized spacial score (nSPS) is 15.9. The largest absolute Gasteiger partial charge is 0.460 e. The number of carbonyl (C=O) groups is 4. The molecule has 1 saturated heterocycles. The molecule has 8 nitrogen and oxygen atoms in total. The van der Waals surface area contributed by atoms with Gasteiger partial charge in [0.25, 0.3) is 5.91 Å². The van der Waals surface area contributed by atoms with Crippen LogP contribution in [0.3, 0.4) is 0 Å². The van der Waals surface area contributed by atoms with Gasteiger partial charge in [-0.3, -0.25) is 19.3 Å². The minimum Gasteiger partial charge on any atom is -0.460 e. The highest BCUT2D eigenvalue weighted by molar-refractivity contribution is 6.06. The maximum Gasteiger partial charge on any atom is 0.328 e. The maximum atomic E-state index is 12.9. The van der Waals surface area contributed by atoms with Crippen LogP contribution in [0, 0.1) is 5.92 Å². The number of amides is 4. The minimum absolute atomic E-state index is 0.100. The second-order valence-corrected chi connectivity index (χ2v) is 7.93. The number of urea groups is 1. The Kier molecular flexibility index (Phi) is 7.59. The van der Waals surface area contributed by atoms with Gasteiger partial charge in [0.15, 0.2) is 0 Å². The first kappa shape index (κ1) is 23.0. The van der Waals surface area contributed by atoms with Gasteiger partial charge < -0.3 is 15.0 Å². The molecule has 2 aromatic carbocycles. The van der Waals surface area contributed by atoms with E-state index in [0.717, 1.165) is 16.0 Å². The molecule has 1 aliphatic heterocycles. The number of esters is 1. The number of ether oxygens (including phenoxy) is 1. The molecule has 8 heteroatoms. The quantitative estimate of drug-likeness (QED) is 0.480. The molecule has 0 aromatic heterocycles. The Balaban J connectivity index is 1.54. The molecule has 1 fully saturated rings. The van der Waals surface area contributed by atoms with E-state index in [9.17, 15) is 19.2 Å². The van der Waals surface area contributed by atoms with Crippen molar-refractivity contribution in [3.63, 3.8) is 0 Å². The third-order valence-corrected chi connectivity index (χ3v) is 5.13. The van der Waals surface area contributed by atoms with E-state index in [4.69, 9.17) is 4.74 Å². The predicted octanol–water partition coefficient (Wildman–Crippen LogP) is 2.33. The van der Waals surface area contributed by atoms with Gasteiger partial charge in [-0.05, 0) is 17.0 Å². The molecule has 2 aromatic rings. The van der Waals surface area contributed by atoms with E-state index in [1.807, 2.05) is 74.5 Å². The molecule has 0 bridgehead atoms. The second kappa shape index (κ2) is 10.6. The number of imide groups is 1. The van der Waals surface area contributed by atoms with Gasteiger partial charge in [-0.25, -0.2) is 4.79 Å². The Morgan fingerprint density at radius 2 is 1.56 bits per heavy atom. The van der Waals surface area contributed by atoms with Crippen molar-refractivity contribution in [3.05, 3.63) is 71.8 Å². The maximum absolute atomic E-state index is 12.9. The first-order chi connectivity index (χ1) is 15.4. The second-order valence-electron chi connectivity index (χ2n) is 7.93. The Bertz CT molecular complexity index is 962. The number of hydrogen-bond acceptors (Lipinski definition) is 5. The number of hydrogen-bond donors (Lipinski definition) is 1. The van der Waals surface area contributed by atoms with Crippen LogP contribution >= 0.6 is 0 Å². The first-order valence-corrected chi connectivity index (χ1v) is 10.5. The van der Waals surface area contributed by atoms with Gasteiger partial charge in [-0.2, -0.15) is 0 Å². The number of nitrogens with zero attached hydrogens (tertiary/aromatic N) is 2. The molecule has 3 rings (SSSR count). The van der Waals surface area contributed by atoms with Crippen molar-refractivity contribution < 1.29 is 23.9 Å². The molecule has 0 spiro atoms. The highest BCUT2D eigenvalue weighted by Gasteiger charge is 2.46. The monoisotopic (exact) mass is 437 g/mol. The third-order valence-electron chi connectivity index (χ3n) is 5.13. The van der Waals surface area contributed by atoms with Crippen LogP contribution in [0.2, 0.25) is 0 Å². The van der Waals surface area contributed by atoms with Crippen LogP contribution in [0.1, 0.15) is 25.0 Å². The molecule has 0 radical (unpaired) electrons. The molecule has 0 unspecified atom stereocenters. The number of rotatable bonds is 9. The van der Waals surface area contributed by atoms with Crippen LogP contribution in [0.25, 0.3) is 0 Å². The summed E-state index contributed by atoms with van der Waals surface area (Å²) in [6.45, 7) is 3.31. The van der Waals surface area contributed by atoms with Crippen molar-refractivity contribution in [3.8, 4) is 0 Å². The zero-order chi connectivity index (χ0) is 23.1. The zero-order valence-electron chi connectivity index (χ0n) is 18.2. The summed E-state index contributed by atoms with van der Waals surface area (Å²) in [7, 11) is 0. The van der Waals surface area contributed by atoms with Crippen LogP contribution in [-0.4, -0.2) is 52.7 Å². The van der Waals surface area contributed by atoms with E-state index >= 15 is 0 Å². The Labute approximate surface area is 187 Å². The average Bonchev–Trinajstić information content (AvgIpc) is 3.02. The van der Waals surface area contributed by atoms with E-state index in [1.165, 1.54) is 4.90 Å². The Hall–Kier alpha value is -3.68. The molecule has 1 heterocycles. The Morgan fingerprint density at radius 1 is 0.969 bits per heavy atom. The number of carbonyl (C=O) groups excluding carboxylic acids is 4. The third kappa shape index (κ3) is 5.72. The topological polar surface area (TPSA) is 96.0 Å². The fraction of sp³-hybridized carbons (Fsp3) is 0.333. The summed E-state index contributed by atoms with van der Waals surface area (Å²) in [5.74, 6) is -1.74. The van der Waals surface area contributed by atoms with Crippen molar-refractivity contribution >= 4 is 23.8 Å². The lowest BCUT2D eigenvalue weighted by Gasteiger charge is -2.24. The van der Waals surface area contributed by atoms with Crippen LogP contribution in [0.15, 0.2) is 60.7 Å². The van der Waals surface area contributed by atoms with Crippen LogP contribution in [0.5, 0.6) is 0 Å². The van der Waals surface area contributed by atoms with Crippen LogP contribution in [0.4, 0.5) is 4.79 Å². The molecule has 168 valence electrons. The first-order valence-electron chi connectivity index (χ1n) is 10.5. The smallest absolute Gasteiger partial charge is 0.328 e. The fourth-order valence-corrected chi connectivity index (χ4v) is 3.56. The lowest BCUT2D eigenvalue weighted by atomic mass is 10.0. The molecule has 1 atom stereocenters. The van der Waals surface area contributed by atoms with Gasteiger partial charge >= 0.3 is 12.0 Å². The summed E-state index contributed by atoms with van der Waals surface area (Å²) >= 11 is 0. The lowest BCUT2D eigenvalue weighted by molar-refractivity contribution is -0.145. The van der Waals surface area contributed by atoms with Gasteiger partial charge in [0.2, 0.25) is 5.91 Å². The van der Waals surface area contributed by atoms with E-state index in [0.29, 0.717) is 0 Å². The summed E-state index contributed by atoms with van der Waals surface area (Å²) in [5, 5.41) is 2.42. The summed E-state index contributed by atoms with van der Waals surface area (Å²) in [4.78, 5) is 52.5. The molecule has 0 saturated carbocycles. The number of nitrogens with one attached hydrogen (secondary N) is 1. The van der Waals surface area contributed by atoms with Crippen molar-refractivity contribution in [1.29, 1.82) is 0 Å². The summed E-state index contributed by atoms with van der Waals surface area (Å²) in [6.07, 6.45) is 0. The summed E-state index contributed by atoms with van der Waals surface area (Å²) in [6, 6.07) is 17.4. The molecule has 4 amide bonds. The Morgan fingerprint density at radius 3 is 2.16 bits per heavy atom. The summed E-state index contributed by atoms with van der Waals surface area (Å²) in [5.41, 5.74) is 1.73. The highest BCUT2D eigenvalue weighted by atomic mass is 16.5. The van der Waals surface area contributed by atoms with Crippen molar-refractivity contribution in [2.45, 2.75) is 33.0 Å². The van der Waals surface area contributed by atoms with Gasteiger partial charge in [0.05, 0.1) is 0 Å². The van der Waals surface area contributed by atoms with Crippen LogP contribution < -0.4 is 5.32 Å². The van der Waals surface area contributed by atoms with Crippen LogP contribution in [-0.2, 0) is 32.3 Å². The zero-order valence-corrected chi connectivity index (χ0v) is 18.2. The minimum atomic E-state index is -0.647. The highest BCUT2D eigenvalue weighted by Crippen LogP contribution is 2.25. The lowest BCUT2D eigenvalue weighted by Crippen LogP contribution is -2.43. The molecule has 1 N–H and O–H groups in total. The average molecular weight is 437 g/mol. The van der Waals surface area contributed by atoms with Crippen molar-refractivity contribution in [2.75, 3.05) is 13.1 Å². The molecule has 0 aliphatic carbocycles. The van der Waals surface area contributed by atoms with Gasteiger partial charge in [-0.1, -0.05) is 74.5 Å². The molecule has 32 heavy (non-hydrogen) atoms. The molecule has 1 aliphatic rings. The van der Waals surface area contributed by atoms with Gasteiger partial charge in [0, 0.05) is 6.54 Å². The van der Waals surface area contributed by atoms with Crippen molar-refractivity contribution in [2.24, 2.45) is 5.92 Å². The van der Waals surface area contributed by atoms with Gasteiger partial charge in [0.1, 0.15) is 25.7 Å². The molecular formula is C24H27N3O5. The van der Waals surface area contributed by atoms with E-state index < -0.39 is 36.4 Å². The summed E-state index contributed by atoms with van der Waals surface area (Å²) < 4.78 is 5.11. The van der Waals surface area contributed by atoms with E-state index in [1.54, 1.807) is 0 Å². The SMILES string of the molecule is CC(C)[C@H]1C(=O)N(CC(=O)NCC(=O)OCc2ccccc2)C(=O)N1Cc1ccccc1. The predicted molar refractivity (Wildman–Crippen MR) is 117 cm³/mol. The van der Waals surface area contributed by atoms with E-state index in [-0.39, 0.29) is 25.6 Å². The van der Waals surface area contributed by atoms with Crippen molar-refractivity contribution in [1.82, 2.24) is 15.1 Å². The number of benzene rings is 2. The molecular weight excluding hydrogens is 410 g/mol. The van der Waals surface area contributed by atoms with E-state index in [2.05, 4.69) is 5.32 Å². The standard InChI is InChI=1S/C24H27N3O5/c1-17(2)22-23(30)27(24(31)26(22)14-18-9-5-3-6-10-18)15-20(28)25-13-21(29)32-16-19-11-7-4-8-12-19/h3-12,17,22H,13-16H2,1-2H3,(H,25,28)/t22-/m0/s1. The van der Waals surface area contributed by atoms with Gasteiger partial charge in [-0.15, -0.1) is 0 Å².